The number of phenols is 1. The molecule has 0 unspecified atom stereocenters. The average molecular weight is 274 g/mol. The smallest absolute Gasteiger partial charge is 0.289 e. The molecule has 1 aromatic heterocycles. The van der Waals surface area contributed by atoms with Crippen molar-refractivity contribution in [1.29, 1.82) is 0 Å². The van der Waals surface area contributed by atoms with Crippen LogP contribution in [0.2, 0.25) is 0 Å². The van der Waals surface area contributed by atoms with E-state index in [-0.39, 0.29) is 11.7 Å². The molecule has 20 heavy (non-hydrogen) atoms. The Labute approximate surface area is 115 Å². The fourth-order valence-electron chi connectivity index (χ4n) is 1.59. The molecule has 0 radical (unpaired) electrons. The molecule has 2 rings (SSSR count). The molecule has 0 aliphatic rings. The van der Waals surface area contributed by atoms with Crippen molar-refractivity contribution in [2.75, 3.05) is 7.11 Å². The van der Waals surface area contributed by atoms with Crippen LogP contribution in [0.1, 0.15) is 16.1 Å². The molecule has 0 bridgehead atoms. The van der Waals surface area contributed by atoms with Crippen LogP contribution in [0.15, 0.2) is 35.6 Å². The predicted octanol–water partition coefficient (Wildman–Crippen LogP) is 0.898. The van der Waals surface area contributed by atoms with E-state index >= 15 is 0 Å². The minimum absolute atomic E-state index is 0.0450. The number of carbonyl (C=O) groups is 1. The number of phenolic OH excluding ortho intramolecular Hbond substituents is 1. The second-order valence-electron chi connectivity index (χ2n) is 3.97. The lowest BCUT2D eigenvalue weighted by Gasteiger charge is -2.03. The third-order valence-electron chi connectivity index (χ3n) is 2.64. The Morgan fingerprint density at radius 3 is 2.95 bits per heavy atom. The number of nitrogens with zero attached hydrogens (tertiary/aromatic N) is 3. The zero-order valence-corrected chi connectivity index (χ0v) is 11.1. The first-order chi connectivity index (χ1) is 9.61. The minimum atomic E-state index is -0.355. The van der Waals surface area contributed by atoms with Crippen LogP contribution in [-0.4, -0.2) is 34.1 Å². The highest BCUT2D eigenvalue weighted by Gasteiger charge is 2.08. The molecule has 2 aromatic rings. The molecule has 7 heteroatoms. The second kappa shape index (κ2) is 5.87. The van der Waals surface area contributed by atoms with Crippen LogP contribution in [0, 0.1) is 0 Å². The van der Waals surface area contributed by atoms with Gasteiger partial charge < -0.3 is 9.84 Å². The lowest BCUT2D eigenvalue weighted by Crippen LogP contribution is -2.20. The molecule has 0 spiro atoms. The highest BCUT2D eigenvalue weighted by atomic mass is 16.5. The van der Waals surface area contributed by atoms with Crippen molar-refractivity contribution >= 4 is 12.1 Å². The molecule has 1 heterocycles. The van der Waals surface area contributed by atoms with Gasteiger partial charge in [-0.25, -0.2) is 5.43 Å². The molecule has 104 valence electrons. The van der Waals surface area contributed by atoms with Crippen molar-refractivity contribution in [3.63, 3.8) is 0 Å². The van der Waals surface area contributed by atoms with Crippen LogP contribution in [0.3, 0.4) is 0 Å². The van der Waals surface area contributed by atoms with E-state index in [1.54, 1.807) is 25.2 Å². The van der Waals surface area contributed by atoms with Gasteiger partial charge >= 0.3 is 0 Å². The topological polar surface area (TPSA) is 88.7 Å². The van der Waals surface area contributed by atoms with Gasteiger partial charge in [-0.1, -0.05) is 0 Å². The number of methoxy groups -OCH3 is 1. The monoisotopic (exact) mass is 274 g/mol. The Hall–Kier alpha value is -2.83. The Morgan fingerprint density at radius 2 is 2.30 bits per heavy atom. The molecular formula is C13H14N4O3. The number of nitrogens with one attached hydrogen (secondary N) is 1. The Bertz CT molecular complexity index is 649. The van der Waals surface area contributed by atoms with E-state index in [9.17, 15) is 9.90 Å². The van der Waals surface area contributed by atoms with E-state index < -0.39 is 0 Å². The summed E-state index contributed by atoms with van der Waals surface area (Å²) in [5.74, 6) is 0.0301. The molecule has 0 aliphatic heterocycles. The summed E-state index contributed by atoms with van der Waals surface area (Å²) in [6.07, 6.45) is 2.99. The zero-order valence-electron chi connectivity index (χ0n) is 11.1. The standard InChI is InChI=1S/C13H14N4O3/c1-17-10(5-6-15-17)13(19)16-14-8-9-3-4-11(18)12(7-9)20-2/h3-8,18H,1-2H3,(H,16,19)/b14-8+. The largest absolute Gasteiger partial charge is 0.504 e. The molecule has 2 N–H and O–H groups in total. The third-order valence-corrected chi connectivity index (χ3v) is 2.64. The van der Waals surface area contributed by atoms with E-state index in [1.807, 2.05) is 0 Å². The zero-order chi connectivity index (χ0) is 14.5. The van der Waals surface area contributed by atoms with Gasteiger partial charge in [-0.15, -0.1) is 0 Å². The predicted molar refractivity (Wildman–Crippen MR) is 72.9 cm³/mol. The van der Waals surface area contributed by atoms with Crippen LogP contribution < -0.4 is 10.2 Å². The van der Waals surface area contributed by atoms with Gasteiger partial charge in [-0.05, 0) is 29.8 Å². The Balaban J connectivity index is 2.04. The number of rotatable bonds is 4. The summed E-state index contributed by atoms with van der Waals surface area (Å²) >= 11 is 0. The summed E-state index contributed by atoms with van der Waals surface area (Å²) in [6, 6.07) is 6.34. The number of aromatic nitrogens is 2. The van der Waals surface area contributed by atoms with Crippen molar-refractivity contribution in [1.82, 2.24) is 15.2 Å². The number of hydrazone groups is 1. The summed E-state index contributed by atoms with van der Waals surface area (Å²) < 4.78 is 6.43. The van der Waals surface area contributed by atoms with Gasteiger partial charge in [0.15, 0.2) is 11.5 Å². The molecule has 0 atom stereocenters. The van der Waals surface area contributed by atoms with Crippen molar-refractivity contribution in [3.05, 3.63) is 41.7 Å². The molecule has 7 nitrogen and oxygen atoms in total. The van der Waals surface area contributed by atoms with E-state index in [0.29, 0.717) is 17.0 Å². The molecule has 0 aliphatic carbocycles. The molecule has 1 amide bonds. The number of carbonyl (C=O) groups excluding carboxylic acids is 1. The Morgan fingerprint density at radius 1 is 1.50 bits per heavy atom. The molecule has 1 aromatic carbocycles. The van der Waals surface area contributed by atoms with Gasteiger partial charge in [0.2, 0.25) is 0 Å². The normalized spacial score (nSPS) is 10.7. The highest BCUT2D eigenvalue weighted by Crippen LogP contribution is 2.25. The molecule has 0 saturated carbocycles. The van der Waals surface area contributed by atoms with Crippen LogP contribution in [0.25, 0.3) is 0 Å². The van der Waals surface area contributed by atoms with Gasteiger partial charge in [-0.2, -0.15) is 10.2 Å². The fourth-order valence-corrected chi connectivity index (χ4v) is 1.59. The van der Waals surface area contributed by atoms with Crippen LogP contribution in [-0.2, 0) is 7.05 Å². The van der Waals surface area contributed by atoms with Crippen LogP contribution in [0.4, 0.5) is 0 Å². The van der Waals surface area contributed by atoms with Crippen LogP contribution >= 0.6 is 0 Å². The highest BCUT2D eigenvalue weighted by molar-refractivity contribution is 5.93. The van der Waals surface area contributed by atoms with Gasteiger partial charge in [0.05, 0.1) is 13.3 Å². The summed E-state index contributed by atoms with van der Waals surface area (Å²) in [4.78, 5) is 11.7. The number of amides is 1. The summed E-state index contributed by atoms with van der Waals surface area (Å²) in [7, 11) is 3.13. The van der Waals surface area contributed by atoms with E-state index in [1.165, 1.54) is 30.3 Å². The first-order valence-corrected chi connectivity index (χ1v) is 5.80. The first kappa shape index (κ1) is 13.6. The maximum Gasteiger partial charge on any atom is 0.289 e. The quantitative estimate of drug-likeness (QED) is 0.640. The molecular weight excluding hydrogens is 260 g/mol. The fraction of sp³-hybridized carbons (Fsp3) is 0.154. The number of hydrogen-bond donors (Lipinski definition) is 2. The van der Waals surface area contributed by atoms with E-state index in [0.717, 1.165) is 0 Å². The van der Waals surface area contributed by atoms with Gasteiger partial charge in [0, 0.05) is 13.2 Å². The lowest BCUT2D eigenvalue weighted by molar-refractivity contribution is 0.0945. The number of aryl methyl sites for hydroxylation is 1. The minimum Gasteiger partial charge on any atom is -0.504 e. The molecule has 0 saturated heterocycles. The van der Waals surface area contributed by atoms with E-state index in [2.05, 4.69) is 15.6 Å². The third kappa shape index (κ3) is 2.94. The van der Waals surface area contributed by atoms with Crippen molar-refractivity contribution in [2.24, 2.45) is 12.1 Å². The number of hydrogen-bond acceptors (Lipinski definition) is 5. The van der Waals surface area contributed by atoms with Gasteiger partial charge in [0.1, 0.15) is 5.69 Å². The maximum absolute atomic E-state index is 11.7. The van der Waals surface area contributed by atoms with Crippen molar-refractivity contribution < 1.29 is 14.6 Å². The first-order valence-electron chi connectivity index (χ1n) is 5.80. The number of benzene rings is 1. The van der Waals surface area contributed by atoms with E-state index in [4.69, 9.17) is 4.74 Å². The van der Waals surface area contributed by atoms with Gasteiger partial charge in [-0.3, -0.25) is 9.48 Å². The maximum atomic E-state index is 11.7. The van der Waals surface area contributed by atoms with Gasteiger partial charge in [0.25, 0.3) is 5.91 Å². The summed E-state index contributed by atoms with van der Waals surface area (Å²) in [6.45, 7) is 0. The van der Waals surface area contributed by atoms with Crippen LogP contribution in [0.5, 0.6) is 11.5 Å². The van der Waals surface area contributed by atoms with Crippen molar-refractivity contribution in [3.8, 4) is 11.5 Å². The Kier molecular flexibility index (Phi) is 3.99. The lowest BCUT2D eigenvalue weighted by atomic mass is 10.2. The second-order valence-corrected chi connectivity index (χ2v) is 3.97. The molecule has 0 fully saturated rings. The summed E-state index contributed by atoms with van der Waals surface area (Å²) in [5.41, 5.74) is 3.49. The number of ether oxygens (including phenoxy) is 1. The summed E-state index contributed by atoms with van der Waals surface area (Å²) in [5, 5.41) is 17.2. The average Bonchev–Trinajstić information content (AvgIpc) is 2.87. The number of aromatic hydroxyl groups is 1. The SMILES string of the molecule is COc1cc(/C=N/NC(=O)c2ccnn2C)ccc1O. The van der Waals surface area contributed by atoms with Crippen molar-refractivity contribution in [2.45, 2.75) is 0 Å².